The maximum Gasteiger partial charge on any atom is 0.325 e. The molecule has 1 aromatic carbocycles. The molecule has 2 aromatic rings. The lowest BCUT2D eigenvalue weighted by molar-refractivity contribution is -0.137. The van der Waals surface area contributed by atoms with Crippen LogP contribution in [0.1, 0.15) is 6.92 Å². The van der Waals surface area contributed by atoms with Crippen molar-refractivity contribution in [3.8, 4) is 16.9 Å². The molecule has 0 fully saturated rings. The average Bonchev–Trinajstić information content (AvgIpc) is 2.47. The zero-order valence-corrected chi connectivity index (χ0v) is 11.9. The number of nitrogens with one attached hydrogen (secondary N) is 1. The maximum atomic E-state index is 13.8. The third kappa shape index (κ3) is 3.13. The number of anilines is 1. The second-order valence-electron chi connectivity index (χ2n) is 4.59. The molecule has 116 valence electrons. The highest BCUT2D eigenvalue weighted by molar-refractivity contribution is 5.84. The van der Waals surface area contributed by atoms with Gasteiger partial charge in [-0.3, -0.25) is 9.78 Å². The second kappa shape index (κ2) is 6.38. The van der Waals surface area contributed by atoms with Crippen molar-refractivity contribution in [2.24, 2.45) is 0 Å². The van der Waals surface area contributed by atoms with Crippen molar-refractivity contribution >= 4 is 11.7 Å². The Morgan fingerprint density at radius 1 is 1.36 bits per heavy atom. The normalized spacial score (nSPS) is 11.8. The van der Waals surface area contributed by atoms with Gasteiger partial charge < -0.3 is 15.2 Å². The van der Waals surface area contributed by atoms with Crippen molar-refractivity contribution in [3.05, 3.63) is 42.2 Å². The summed E-state index contributed by atoms with van der Waals surface area (Å²) in [6, 6.07) is 2.46. The van der Waals surface area contributed by atoms with Crippen LogP contribution in [0, 0.1) is 11.6 Å². The molecular weight excluding hydrogens is 294 g/mol. The van der Waals surface area contributed by atoms with Crippen molar-refractivity contribution in [3.63, 3.8) is 0 Å². The summed E-state index contributed by atoms with van der Waals surface area (Å²) in [7, 11) is 1.27. The smallest absolute Gasteiger partial charge is 0.325 e. The van der Waals surface area contributed by atoms with E-state index in [4.69, 9.17) is 9.84 Å². The van der Waals surface area contributed by atoms with Crippen LogP contribution in [-0.2, 0) is 4.79 Å². The molecule has 0 saturated heterocycles. The highest BCUT2D eigenvalue weighted by atomic mass is 19.1. The van der Waals surface area contributed by atoms with Crippen molar-refractivity contribution in [1.82, 2.24) is 4.98 Å². The van der Waals surface area contributed by atoms with Crippen molar-refractivity contribution in [2.45, 2.75) is 13.0 Å². The van der Waals surface area contributed by atoms with E-state index in [1.165, 1.54) is 32.5 Å². The first kappa shape index (κ1) is 15.7. The first-order chi connectivity index (χ1) is 10.4. The van der Waals surface area contributed by atoms with Crippen LogP contribution in [0.2, 0.25) is 0 Å². The summed E-state index contributed by atoms with van der Waals surface area (Å²) in [5, 5.41) is 11.7. The van der Waals surface area contributed by atoms with Crippen molar-refractivity contribution in [1.29, 1.82) is 0 Å². The molecule has 1 heterocycles. The summed E-state index contributed by atoms with van der Waals surface area (Å²) < 4.78 is 32.3. The van der Waals surface area contributed by atoms with Gasteiger partial charge in [0.2, 0.25) is 0 Å². The number of rotatable bonds is 5. The molecule has 0 amide bonds. The monoisotopic (exact) mass is 308 g/mol. The molecule has 1 aromatic heterocycles. The van der Waals surface area contributed by atoms with Crippen LogP contribution >= 0.6 is 0 Å². The van der Waals surface area contributed by atoms with E-state index < -0.39 is 23.6 Å². The van der Waals surface area contributed by atoms with E-state index in [-0.39, 0.29) is 11.3 Å². The van der Waals surface area contributed by atoms with Gasteiger partial charge in [-0.05, 0) is 19.1 Å². The van der Waals surface area contributed by atoms with Gasteiger partial charge in [0.25, 0.3) is 0 Å². The van der Waals surface area contributed by atoms with E-state index in [9.17, 15) is 13.6 Å². The quantitative estimate of drug-likeness (QED) is 0.888. The largest absolute Gasteiger partial charge is 0.493 e. The number of carboxylic acid groups (broad SMARTS) is 1. The Bertz CT molecular complexity index is 707. The Balaban J connectivity index is 2.56. The minimum Gasteiger partial charge on any atom is -0.493 e. The Labute approximate surface area is 125 Å². The Morgan fingerprint density at radius 3 is 2.73 bits per heavy atom. The molecule has 0 radical (unpaired) electrons. The number of halogens is 2. The molecule has 1 atom stereocenters. The van der Waals surface area contributed by atoms with Crippen LogP contribution in [0.15, 0.2) is 30.6 Å². The number of pyridine rings is 1. The molecule has 7 heteroatoms. The van der Waals surface area contributed by atoms with Gasteiger partial charge in [-0.1, -0.05) is 0 Å². The minimum atomic E-state index is -1.06. The van der Waals surface area contributed by atoms with Crippen molar-refractivity contribution in [2.75, 3.05) is 12.4 Å². The summed E-state index contributed by atoms with van der Waals surface area (Å²) in [5.74, 6) is -2.79. The zero-order chi connectivity index (χ0) is 16.3. The molecule has 5 nitrogen and oxygen atoms in total. The molecule has 0 aliphatic rings. The lowest BCUT2D eigenvalue weighted by atomic mass is 10.0. The molecule has 2 rings (SSSR count). The molecule has 22 heavy (non-hydrogen) atoms. The summed E-state index contributed by atoms with van der Waals surface area (Å²) in [5.41, 5.74) is 0.890. The van der Waals surface area contributed by atoms with E-state index in [1.54, 1.807) is 0 Å². The molecule has 0 saturated carbocycles. The predicted octanol–water partition coefficient (Wildman–Crippen LogP) is 2.92. The van der Waals surface area contributed by atoms with Crippen LogP contribution in [-0.4, -0.2) is 29.2 Å². The van der Waals surface area contributed by atoms with Crippen LogP contribution in [0.5, 0.6) is 5.75 Å². The van der Waals surface area contributed by atoms with Gasteiger partial charge in [0.05, 0.1) is 19.0 Å². The number of carbonyl (C=O) groups is 1. The summed E-state index contributed by atoms with van der Waals surface area (Å²) in [6.45, 7) is 1.45. The van der Waals surface area contributed by atoms with E-state index in [2.05, 4.69) is 10.3 Å². The predicted molar refractivity (Wildman–Crippen MR) is 76.9 cm³/mol. The van der Waals surface area contributed by atoms with Gasteiger partial charge >= 0.3 is 5.97 Å². The number of hydrogen-bond donors (Lipinski definition) is 2. The summed E-state index contributed by atoms with van der Waals surface area (Å²) in [4.78, 5) is 14.9. The fraction of sp³-hybridized carbons (Fsp3) is 0.200. The minimum absolute atomic E-state index is 0.126. The molecule has 0 aliphatic heterocycles. The molecule has 2 N–H and O–H groups in total. The van der Waals surface area contributed by atoms with Gasteiger partial charge in [-0.25, -0.2) is 8.78 Å². The van der Waals surface area contributed by atoms with Gasteiger partial charge in [-0.2, -0.15) is 0 Å². The van der Waals surface area contributed by atoms with Crippen LogP contribution in [0.25, 0.3) is 11.1 Å². The molecule has 0 spiro atoms. The van der Waals surface area contributed by atoms with Gasteiger partial charge in [0.1, 0.15) is 11.9 Å². The maximum absolute atomic E-state index is 13.8. The van der Waals surface area contributed by atoms with E-state index in [0.29, 0.717) is 11.3 Å². The van der Waals surface area contributed by atoms with Gasteiger partial charge in [-0.15, -0.1) is 0 Å². The number of ether oxygens (including phenoxy) is 1. The number of aliphatic carboxylic acids is 1. The fourth-order valence-electron chi connectivity index (χ4n) is 2.01. The van der Waals surface area contributed by atoms with Crippen LogP contribution in [0.3, 0.4) is 0 Å². The topological polar surface area (TPSA) is 71.5 Å². The van der Waals surface area contributed by atoms with E-state index in [0.717, 1.165) is 12.1 Å². The number of aromatic nitrogens is 1. The lowest BCUT2D eigenvalue weighted by Crippen LogP contribution is -2.25. The first-order valence-corrected chi connectivity index (χ1v) is 6.40. The third-order valence-electron chi connectivity index (χ3n) is 3.07. The zero-order valence-electron chi connectivity index (χ0n) is 11.9. The standard InChI is InChI=1S/C15H14F2N2O3/c1-8(15(20)21)19-13-7-18-4-3-10(13)11-5-9(16)6-12(17)14(11)22-2/h3-8,19H,1-2H3,(H,20,21)/t8-/m0/s1. The van der Waals surface area contributed by atoms with E-state index in [1.807, 2.05) is 0 Å². The lowest BCUT2D eigenvalue weighted by Gasteiger charge is -2.16. The Hall–Kier alpha value is -2.70. The van der Waals surface area contributed by atoms with Gasteiger partial charge in [0.15, 0.2) is 11.6 Å². The highest BCUT2D eigenvalue weighted by Crippen LogP contribution is 2.37. The number of nitrogens with zero attached hydrogens (tertiary/aromatic N) is 1. The first-order valence-electron chi connectivity index (χ1n) is 6.40. The van der Waals surface area contributed by atoms with Crippen LogP contribution < -0.4 is 10.1 Å². The fourth-order valence-corrected chi connectivity index (χ4v) is 2.01. The second-order valence-corrected chi connectivity index (χ2v) is 4.59. The Kier molecular flexibility index (Phi) is 4.55. The summed E-state index contributed by atoms with van der Waals surface area (Å²) >= 11 is 0. The number of methoxy groups -OCH3 is 1. The van der Waals surface area contributed by atoms with Crippen LogP contribution in [0.4, 0.5) is 14.5 Å². The third-order valence-corrected chi connectivity index (χ3v) is 3.07. The van der Waals surface area contributed by atoms with Crippen molar-refractivity contribution < 1.29 is 23.4 Å². The van der Waals surface area contributed by atoms with E-state index >= 15 is 0 Å². The molecular formula is C15H14F2N2O3. The van der Waals surface area contributed by atoms with Gasteiger partial charge in [0, 0.05) is 23.4 Å². The molecule has 0 bridgehead atoms. The Morgan fingerprint density at radius 2 is 2.09 bits per heavy atom. The summed E-state index contributed by atoms with van der Waals surface area (Å²) in [6.07, 6.45) is 2.82. The highest BCUT2D eigenvalue weighted by Gasteiger charge is 2.18. The molecule has 0 unspecified atom stereocenters. The molecule has 0 aliphatic carbocycles. The number of carboxylic acids is 1. The number of hydrogen-bond acceptors (Lipinski definition) is 4. The average molecular weight is 308 g/mol. The SMILES string of the molecule is COc1c(F)cc(F)cc1-c1ccncc1N[C@@H](C)C(=O)O. The number of benzene rings is 1.